The topological polar surface area (TPSA) is 43.4 Å². The molecular formula is C9H12O3. The summed E-state index contributed by atoms with van der Waals surface area (Å²) in [6, 6.07) is 0. The van der Waals surface area contributed by atoms with Crippen LogP contribution in [0.3, 0.4) is 0 Å². The average molecular weight is 168 g/mol. The van der Waals surface area contributed by atoms with Crippen molar-refractivity contribution in [2.75, 3.05) is 6.61 Å². The van der Waals surface area contributed by atoms with Crippen LogP contribution in [0.25, 0.3) is 0 Å². The standard InChI is InChI=1S/C9H12O3/c1-2-12-9(11)8-5-3-4-7(8)6-10/h8H,2-5H2,1H3. The Morgan fingerprint density at radius 2 is 2.50 bits per heavy atom. The quantitative estimate of drug-likeness (QED) is 0.458. The van der Waals surface area contributed by atoms with E-state index in [1.165, 1.54) is 0 Å². The van der Waals surface area contributed by atoms with Gasteiger partial charge in [0.15, 0.2) is 0 Å². The van der Waals surface area contributed by atoms with Crippen LogP contribution < -0.4 is 0 Å². The lowest BCUT2D eigenvalue weighted by molar-refractivity contribution is -0.146. The van der Waals surface area contributed by atoms with Crippen molar-refractivity contribution in [3.05, 3.63) is 5.57 Å². The lowest BCUT2D eigenvalue weighted by atomic mass is 10.1. The van der Waals surface area contributed by atoms with Crippen molar-refractivity contribution in [1.82, 2.24) is 0 Å². The van der Waals surface area contributed by atoms with Crippen molar-refractivity contribution >= 4 is 11.9 Å². The fourth-order valence-electron chi connectivity index (χ4n) is 1.47. The molecule has 0 aliphatic heterocycles. The molecule has 66 valence electrons. The summed E-state index contributed by atoms with van der Waals surface area (Å²) in [4.78, 5) is 21.5. The van der Waals surface area contributed by atoms with Gasteiger partial charge in [0.2, 0.25) is 0 Å². The first kappa shape index (κ1) is 9.01. The number of hydrogen-bond acceptors (Lipinski definition) is 3. The third kappa shape index (κ3) is 1.74. The van der Waals surface area contributed by atoms with Crippen LogP contribution in [0.4, 0.5) is 0 Å². The predicted molar refractivity (Wildman–Crippen MR) is 43.2 cm³/mol. The molecule has 1 aliphatic carbocycles. The van der Waals surface area contributed by atoms with E-state index >= 15 is 0 Å². The summed E-state index contributed by atoms with van der Waals surface area (Å²) < 4.78 is 4.82. The Morgan fingerprint density at radius 1 is 1.75 bits per heavy atom. The third-order valence-electron chi connectivity index (χ3n) is 2.06. The number of ether oxygens (including phenoxy) is 1. The van der Waals surface area contributed by atoms with Crippen LogP contribution in [0.5, 0.6) is 0 Å². The van der Waals surface area contributed by atoms with E-state index in [0.717, 1.165) is 12.8 Å². The zero-order valence-electron chi connectivity index (χ0n) is 7.13. The van der Waals surface area contributed by atoms with Gasteiger partial charge in [-0.05, 0) is 26.2 Å². The highest BCUT2D eigenvalue weighted by molar-refractivity contribution is 5.80. The fourth-order valence-corrected chi connectivity index (χ4v) is 1.47. The van der Waals surface area contributed by atoms with Gasteiger partial charge in [-0.25, -0.2) is 4.79 Å². The van der Waals surface area contributed by atoms with E-state index in [1.807, 2.05) is 5.94 Å². The molecule has 0 amide bonds. The number of esters is 1. The Morgan fingerprint density at radius 3 is 3.08 bits per heavy atom. The van der Waals surface area contributed by atoms with E-state index in [4.69, 9.17) is 4.74 Å². The smallest absolute Gasteiger partial charge is 0.313 e. The van der Waals surface area contributed by atoms with Crippen LogP contribution in [0.2, 0.25) is 0 Å². The summed E-state index contributed by atoms with van der Waals surface area (Å²) in [6.07, 6.45) is 2.34. The predicted octanol–water partition coefficient (Wildman–Crippen LogP) is 1.11. The molecule has 1 fully saturated rings. The van der Waals surface area contributed by atoms with Crippen molar-refractivity contribution in [2.45, 2.75) is 26.2 Å². The minimum Gasteiger partial charge on any atom is -0.466 e. The van der Waals surface area contributed by atoms with Crippen LogP contribution in [0.15, 0.2) is 5.57 Å². The van der Waals surface area contributed by atoms with Crippen LogP contribution in [0.1, 0.15) is 26.2 Å². The Balaban J connectivity index is 2.62. The molecule has 3 nitrogen and oxygen atoms in total. The van der Waals surface area contributed by atoms with E-state index in [1.54, 1.807) is 6.92 Å². The maximum Gasteiger partial charge on any atom is 0.313 e. The molecule has 3 heteroatoms. The Hall–Kier alpha value is -1.08. The molecule has 1 aliphatic rings. The molecule has 1 saturated carbocycles. The first-order valence-corrected chi connectivity index (χ1v) is 4.20. The van der Waals surface area contributed by atoms with Gasteiger partial charge in [0.05, 0.1) is 12.5 Å². The van der Waals surface area contributed by atoms with Gasteiger partial charge in [0, 0.05) is 5.57 Å². The molecule has 1 rings (SSSR count). The van der Waals surface area contributed by atoms with Crippen LogP contribution in [-0.2, 0) is 14.3 Å². The highest BCUT2D eigenvalue weighted by atomic mass is 16.5. The second-order valence-corrected chi connectivity index (χ2v) is 2.82. The minimum absolute atomic E-state index is 0.270. The zero-order chi connectivity index (χ0) is 8.97. The van der Waals surface area contributed by atoms with Gasteiger partial charge in [-0.2, -0.15) is 0 Å². The van der Waals surface area contributed by atoms with Crippen molar-refractivity contribution in [2.24, 2.45) is 5.92 Å². The van der Waals surface area contributed by atoms with E-state index in [-0.39, 0.29) is 11.9 Å². The normalized spacial score (nSPS) is 22.1. The minimum atomic E-state index is -0.303. The molecule has 12 heavy (non-hydrogen) atoms. The van der Waals surface area contributed by atoms with Crippen molar-refractivity contribution in [1.29, 1.82) is 0 Å². The van der Waals surface area contributed by atoms with Gasteiger partial charge in [0.1, 0.15) is 5.94 Å². The Labute approximate surface area is 71.4 Å². The Bertz CT molecular complexity index is 226. The number of carbonyl (C=O) groups excluding carboxylic acids is 2. The summed E-state index contributed by atoms with van der Waals surface area (Å²) in [5.74, 6) is 1.25. The fraction of sp³-hybridized carbons (Fsp3) is 0.667. The van der Waals surface area contributed by atoms with E-state index in [9.17, 15) is 9.59 Å². The lowest BCUT2D eigenvalue weighted by Crippen LogP contribution is -2.16. The van der Waals surface area contributed by atoms with Gasteiger partial charge < -0.3 is 4.74 Å². The van der Waals surface area contributed by atoms with Crippen LogP contribution in [0, 0.1) is 5.92 Å². The largest absolute Gasteiger partial charge is 0.466 e. The summed E-state index contributed by atoms with van der Waals surface area (Å²) >= 11 is 0. The first-order chi connectivity index (χ1) is 5.79. The molecule has 1 unspecified atom stereocenters. The second kappa shape index (κ2) is 4.07. The lowest BCUT2D eigenvalue weighted by Gasteiger charge is -2.07. The Kier molecular flexibility index (Phi) is 3.06. The number of carbonyl (C=O) groups is 1. The molecular weight excluding hydrogens is 156 g/mol. The molecule has 0 aromatic heterocycles. The first-order valence-electron chi connectivity index (χ1n) is 4.20. The van der Waals surface area contributed by atoms with Gasteiger partial charge in [-0.1, -0.05) is 0 Å². The van der Waals surface area contributed by atoms with Gasteiger partial charge in [-0.3, -0.25) is 4.79 Å². The second-order valence-electron chi connectivity index (χ2n) is 2.82. The third-order valence-corrected chi connectivity index (χ3v) is 2.06. The van der Waals surface area contributed by atoms with E-state index in [2.05, 4.69) is 0 Å². The van der Waals surface area contributed by atoms with Crippen molar-refractivity contribution < 1.29 is 14.3 Å². The maximum atomic E-state index is 11.2. The van der Waals surface area contributed by atoms with Gasteiger partial charge in [0.25, 0.3) is 0 Å². The summed E-state index contributed by atoms with van der Waals surface area (Å²) in [7, 11) is 0. The SMILES string of the molecule is CCOC(=O)C1CCCC1=C=O. The maximum absolute atomic E-state index is 11.2. The summed E-state index contributed by atoms with van der Waals surface area (Å²) in [5.41, 5.74) is 0.577. The molecule has 0 bridgehead atoms. The molecule has 0 N–H and O–H groups in total. The van der Waals surface area contributed by atoms with Gasteiger partial charge in [-0.15, -0.1) is 0 Å². The zero-order valence-corrected chi connectivity index (χ0v) is 7.13. The average Bonchev–Trinajstić information content (AvgIpc) is 2.51. The van der Waals surface area contributed by atoms with Crippen LogP contribution >= 0.6 is 0 Å². The highest BCUT2D eigenvalue weighted by Gasteiger charge is 2.29. The molecule has 0 radical (unpaired) electrons. The molecule has 0 heterocycles. The summed E-state index contributed by atoms with van der Waals surface area (Å²) in [6.45, 7) is 2.14. The van der Waals surface area contributed by atoms with Gasteiger partial charge >= 0.3 is 5.97 Å². The molecule has 0 aromatic rings. The number of hydrogen-bond donors (Lipinski definition) is 0. The molecule has 0 spiro atoms. The van der Waals surface area contributed by atoms with E-state index < -0.39 is 0 Å². The number of rotatable bonds is 2. The molecule has 0 saturated heterocycles. The monoisotopic (exact) mass is 168 g/mol. The van der Waals surface area contributed by atoms with Crippen LogP contribution in [-0.4, -0.2) is 18.5 Å². The van der Waals surface area contributed by atoms with Crippen molar-refractivity contribution in [3.63, 3.8) is 0 Å². The highest BCUT2D eigenvalue weighted by Crippen LogP contribution is 2.29. The molecule has 1 atom stereocenters. The van der Waals surface area contributed by atoms with E-state index in [0.29, 0.717) is 18.6 Å². The molecule has 0 aromatic carbocycles. The summed E-state index contributed by atoms with van der Waals surface area (Å²) in [5, 5.41) is 0. The van der Waals surface area contributed by atoms with Crippen molar-refractivity contribution in [3.8, 4) is 0 Å².